The summed E-state index contributed by atoms with van der Waals surface area (Å²) in [5.41, 5.74) is 4.87. The Morgan fingerprint density at radius 2 is 2.00 bits per heavy atom. The molecule has 1 atom stereocenters. The molecular weight excluding hydrogens is 188 g/mol. The van der Waals surface area contributed by atoms with Gasteiger partial charge in [0.1, 0.15) is 6.04 Å². The number of carbonyl (C=O) groups excluding carboxylic acids is 1. The molecule has 0 aliphatic carbocycles. The summed E-state index contributed by atoms with van der Waals surface area (Å²) in [6, 6.07) is -0.897. The Morgan fingerprint density at radius 3 is 2.36 bits per heavy atom. The summed E-state index contributed by atoms with van der Waals surface area (Å²) in [7, 11) is 0. The number of amides is 1. The van der Waals surface area contributed by atoms with Crippen LogP contribution in [0.3, 0.4) is 0 Å². The lowest BCUT2D eigenvalue weighted by molar-refractivity contribution is -0.139. The van der Waals surface area contributed by atoms with Crippen LogP contribution >= 0.6 is 0 Å². The molecule has 0 bridgehead atoms. The highest BCUT2D eigenvalue weighted by molar-refractivity contribution is 5.77. The first-order valence-corrected chi connectivity index (χ1v) is 4.04. The first-order valence-electron chi connectivity index (χ1n) is 4.04. The lowest BCUT2D eigenvalue weighted by Gasteiger charge is -2.12. The number of aliphatic hydroxyl groups is 1. The third-order valence-corrected chi connectivity index (χ3v) is 1.53. The molecule has 0 saturated carbocycles. The third-order valence-electron chi connectivity index (χ3n) is 1.53. The lowest BCUT2D eigenvalue weighted by Crippen LogP contribution is -2.38. The van der Waals surface area contributed by atoms with E-state index in [9.17, 15) is 9.59 Å². The topological polar surface area (TPSA) is 113 Å². The van der Waals surface area contributed by atoms with E-state index in [2.05, 4.69) is 11.9 Å². The average molecular weight is 202 g/mol. The molecule has 0 spiro atoms. The van der Waals surface area contributed by atoms with E-state index in [4.69, 9.17) is 15.9 Å². The van der Waals surface area contributed by atoms with Gasteiger partial charge < -0.3 is 15.9 Å². The van der Waals surface area contributed by atoms with Crippen molar-refractivity contribution < 1.29 is 19.8 Å². The lowest BCUT2D eigenvalue weighted by atomic mass is 10.1. The van der Waals surface area contributed by atoms with Crippen LogP contribution < -0.4 is 11.1 Å². The number of aliphatic carboxylic acids is 1. The maximum absolute atomic E-state index is 10.6. The molecule has 0 unspecified atom stereocenters. The third kappa shape index (κ3) is 6.01. The zero-order valence-electron chi connectivity index (χ0n) is 7.69. The Labute approximate surface area is 81.4 Å². The molecule has 0 rings (SSSR count). The number of hydrogen-bond acceptors (Lipinski definition) is 4. The fourth-order valence-corrected chi connectivity index (χ4v) is 0.840. The minimum Gasteiger partial charge on any atom is -0.512 e. The molecule has 0 heterocycles. The number of hydrogen-bond donors (Lipinski definition) is 4. The van der Waals surface area contributed by atoms with E-state index >= 15 is 0 Å². The second kappa shape index (κ2) is 5.98. The standard InChI is InChI=1S/C8H14N2O4/c1-5(11)4-10-6(8(13)14)2-3-7(9)12/h6,10-11H,1-4H2,(H2,9,12)(H,13,14)/t6-/m0/s1. The minimum absolute atomic E-state index is 0.0120. The molecule has 0 fully saturated rings. The van der Waals surface area contributed by atoms with Crippen LogP contribution in [0.15, 0.2) is 12.3 Å². The predicted octanol–water partition coefficient (Wildman–Crippen LogP) is -0.634. The second-order valence-electron chi connectivity index (χ2n) is 2.84. The molecule has 5 N–H and O–H groups in total. The predicted molar refractivity (Wildman–Crippen MR) is 49.6 cm³/mol. The van der Waals surface area contributed by atoms with Gasteiger partial charge in [-0.2, -0.15) is 0 Å². The van der Waals surface area contributed by atoms with Gasteiger partial charge in [-0.25, -0.2) is 0 Å². The van der Waals surface area contributed by atoms with Crippen molar-refractivity contribution in [1.82, 2.24) is 5.32 Å². The second-order valence-corrected chi connectivity index (χ2v) is 2.84. The minimum atomic E-state index is -1.09. The molecule has 80 valence electrons. The smallest absolute Gasteiger partial charge is 0.320 e. The highest BCUT2D eigenvalue weighted by Gasteiger charge is 2.17. The summed E-state index contributed by atoms with van der Waals surface area (Å²) in [5, 5.41) is 19.9. The van der Waals surface area contributed by atoms with E-state index < -0.39 is 17.9 Å². The summed E-state index contributed by atoms with van der Waals surface area (Å²) in [6.45, 7) is 3.17. The van der Waals surface area contributed by atoms with Gasteiger partial charge in [-0.15, -0.1) is 0 Å². The molecule has 0 radical (unpaired) electrons. The van der Waals surface area contributed by atoms with Crippen molar-refractivity contribution >= 4 is 11.9 Å². The van der Waals surface area contributed by atoms with E-state index in [-0.39, 0.29) is 25.1 Å². The molecular formula is C8H14N2O4. The van der Waals surface area contributed by atoms with E-state index in [0.29, 0.717) is 0 Å². The highest BCUT2D eigenvalue weighted by Crippen LogP contribution is 1.97. The van der Waals surface area contributed by atoms with Crippen LogP contribution in [0.1, 0.15) is 12.8 Å². The van der Waals surface area contributed by atoms with Crippen LogP contribution in [-0.4, -0.2) is 34.7 Å². The van der Waals surface area contributed by atoms with Gasteiger partial charge in [0.25, 0.3) is 0 Å². The molecule has 0 aromatic rings. The maximum Gasteiger partial charge on any atom is 0.320 e. The number of carboxylic acid groups (broad SMARTS) is 1. The summed E-state index contributed by atoms with van der Waals surface area (Å²) in [6.07, 6.45) is 0.0832. The Morgan fingerprint density at radius 1 is 1.43 bits per heavy atom. The molecule has 1 amide bonds. The number of carbonyl (C=O) groups is 2. The van der Waals surface area contributed by atoms with Crippen molar-refractivity contribution in [1.29, 1.82) is 0 Å². The molecule has 0 aliphatic rings. The summed E-state index contributed by atoms with van der Waals surface area (Å²) < 4.78 is 0. The van der Waals surface area contributed by atoms with Crippen LogP contribution in [0, 0.1) is 0 Å². The van der Waals surface area contributed by atoms with Gasteiger partial charge in [0.15, 0.2) is 0 Å². The van der Waals surface area contributed by atoms with Crippen molar-refractivity contribution in [3.8, 4) is 0 Å². The normalized spacial score (nSPS) is 12.0. The zero-order chi connectivity index (χ0) is 11.1. The fourth-order valence-electron chi connectivity index (χ4n) is 0.840. The summed E-state index contributed by atoms with van der Waals surface area (Å²) in [5.74, 6) is -1.80. The van der Waals surface area contributed by atoms with Crippen LogP contribution in [0.25, 0.3) is 0 Å². The van der Waals surface area contributed by atoms with Gasteiger partial charge in [0, 0.05) is 6.42 Å². The number of carboxylic acids is 1. The van der Waals surface area contributed by atoms with Crippen LogP contribution in [-0.2, 0) is 9.59 Å². The number of aliphatic hydroxyl groups excluding tert-OH is 1. The number of rotatable bonds is 7. The molecule has 0 aromatic carbocycles. The molecule has 14 heavy (non-hydrogen) atoms. The van der Waals surface area contributed by atoms with Crippen molar-refractivity contribution in [3.63, 3.8) is 0 Å². The van der Waals surface area contributed by atoms with Gasteiger partial charge >= 0.3 is 5.97 Å². The molecule has 6 nitrogen and oxygen atoms in total. The van der Waals surface area contributed by atoms with Gasteiger partial charge in [0.05, 0.1) is 12.3 Å². The Balaban J connectivity index is 3.96. The fraction of sp³-hybridized carbons (Fsp3) is 0.500. The average Bonchev–Trinajstić information content (AvgIpc) is 2.02. The quantitative estimate of drug-likeness (QED) is 0.410. The largest absolute Gasteiger partial charge is 0.512 e. The van der Waals surface area contributed by atoms with Gasteiger partial charge in [-0.3, -0.25) is 14.9 Å². The molecule has 0 aromatic heterocycles. The van der Waals surface area contributed by atoms with Crippen molar-refractivity contribution in [2.24, 2.45) is 5.73 Å². The summed E-state index contributed by atoms with van der Waals surface area (Å²) in [4.78, 5) is 21.0. The summed E-state index contributed by atoms with van der Waals surface area (Å²) >= 11 is 0. The van der Waals surface area contributed by atoms with E-state index in [1.54, 1.807) is 0 Å². The van der Waals surface area contributed by atoms with E-state index in [1.807, 2.05) is 0 Å². The molecule has 6 heteroatoms. The Hall–Kier alpha value is -1.56. The number of nitrogens with two attached hydrogens (primary N) is 1. The molecule has 0 saturated heterocycles. The van der Waals surface area contributed by atoms with Gasteiger partial charge in [0.2, 0.25) is 5.91 Å². The van der Waals surface area contributed by atoms with E-state index in [1.165, 1.54) is 0 Å². The monoisotopic (exact) mass is 202 g/mol. The van der Waals surface area contributed by atoms with E-state index in [0.717, 1.165) is 0 Å². The number of primary amides is 1. The Kier molecular flexibility index (Phi) is 5.31. The van der Waals surface area contributed by atoms with Crippen molar-refractivity contribution in [3.05, 3.63) is 12.3 Å². The SMILES string of the molecule is C=C(O)CN[C@@H](CCC(N)=O)C(=O)O. The first kappa shape index (κ1) is 12.4. The van der Waals surface area contributed by atoms with Gasteiger partial charge in [-0.05, 0) is 6.42 Å². The van der Waals surface area contributed by atoms with Crippen LogP contribution in [0.5, 0.6) is 0 Å². The Bertz CT molecular complexity index is 221. The highest BCUT2D eigenvalue weighted by atomic mass is 16.4. The maximum atomic E-state index is 10.6. The van der Waals surface area contributed by atoms with Crippen LogP contribution in [0.2, 0.25) is 0 Å². The number of nitrogens with one attached hydrogen (secondary N) is 1. The van der Waals surface area contributed by atoms with Crippen molar-refractivity contribution in [2.45, 2.75) is 18.9 Å². The molecule has 0 aliphatic heterocycles. The van der Waals surface area contributed by atoms with Gasteiger partial charge in [-0.1, -0.05) is 6.58 Å². The van der Waals surface area contributed by atoms with Crippen molar-refractivity contribution in [2.75, 3.05) is 6.54 Å². The van der Waals surface area contributed by atoms with Crippen LogP contribution in [0.4, 0.5) is 0 Å². The zero-order valence-corrected chi connectivity index (χ0v) is 7.69. The first-order chi connectivity index (χ1) is 6.43.